The number of benzene rings is 1. The molecule has 1 saturated heterocycles. The minimum absolute atomic E-state index is 0.0225. The first-order chi connectivity index (χ1) is 10.3. The minimum Gasteiger partial charge on any atom is -0.497 e. The summed E-state index contributed by atoms with van der Waals surface area (Å²) in [5, 5.41) is 21.5. The van der Waals surface area contributed by atoms with E-state index in [4.69, 9.17) is 4.74 Å². The molecule has 1 aromatic carbocycles. The van der Waals surface area contributed by atoms with Gasteiger partial charge in [0.25, 0.3) is 0 Å². The Morgan fingerprint density at radius 3 is 2.50 bits per heavy atom. The van der Waals surface area contributed by atoms with E-state index in [1.807, 2.05) is 0 Å². The fraction of sp³-hybridized carbons (Fsp3) is 0.533. The highest BCUT2D eigenvalue weighted by Crippen LogP contribution is 2.35. The standard InChI is InChI=1S/C15H20N2O5/c1-15(2,17(20)21)12-8-13(18)16(14(12)19)9-10-4-6-11(22-3)7-5-10/h4-7,12,14,19H,8-9H2,1-3H3. The number of nitrogens with zero attached hydrogens (tertiary/aromatic N) is 2. The van der Waals surface area contributed by atoms with E-state index in [0.717, 1.165) is 5.56 Å². The van der Waals surface area contributed by atoms with E-state index in [2.05, 4.69) is 0 Å². The Morgan fingerprint density at radius 1 is 1.41 bits per heavy atom. The van der Waals surface area contributed by atoms with Crippen LogP contribution in [0, 0.1) is 16.0 Å². The lowest BCUT2D eigenvalue weighted by molar-refractivity contribution is -0.573. The molecule has 0 spiro atoms. The third-order valence-electron chi connectivity index (χ3n) is 4.28. The second-order valence-corrected chi connectivity index (χ2v) is 6.00. The molecule has 2 rings (SSSR count). The average Bonchev–Trinajstić information content (AvgIpc) is 2.76. The molecule has 0 bridgehead atoms. The molecule has 1 aliphatic rings. The summed E-state index contributed by atoms with van der Waals surface area (Å²) in [5.74, 6) is -0.305. The number of carbonyl (C=O) groups excluding carboxylic acids is 1. The zero-order valence-electron chi connectivity index (χ0n) is 12.9. The molecule has 1 aromatic rings. The summed E-state index contributed by atoms with van der Waals surface area (Å²) in [6.07, 6.45) is -1.18. The van der Waals surface area contributed by atoms with Crippen LogP contribution < -0.4 is 4.74 Å². The van der Waals surface area contributed by atoms with Crippen molar-refractivity contribution in [3.8, 4) is 5.75 Å². The van der Waals surface area contributed by atoms with Gasteiger partial charge in [0, 0.05) is 31.7 Å². The van der Waals surface area contributed by atoms with Crippen LogP contribution in [0.15, 0.2) is 24.3 Å². The normalized spacial score (nSPS) is 22.0. The lowest BCUT2D eigenvalue weighted by atomic mass is 9.86. The van der Waals surface area contributed by atoms with Crippen molar-refractivity contribution in [2.45, 2.75) is 38.6 Å². The highest BCUT2D eigenvalue weighted by atomic mass is 16.6. The van der Waals surface area contributed by atoms with E-state index in [1.165, 1.54) is 18.7 Å². The fourth-order valence-electron chi connectivity index (χ4n) is 2.63. The van der Waals surface area contributed by atoms with E-state index in [0.29, 0.717) is 5.75 Å². The third kappa shape index (κ3) is 2.89. The number of hydrogen-bond acceptors (Lipinski definition) is 5. The molecule has 1 fully saturated rings. The van der Waals surface area contributed by atoms with Crippen molar-refractivity contribution in [2.75, 3.05) is 7.11 Å². The van der Waals surface area contributed by atoms with E-state index in [-0.39, 0.29) is 18.9 Å². The second-order valence-electron chi connectivity index (χ2n) is 6.00. The molecular formula is C15H20N2O5. The van der Waals surface area contributed by atoms with Gasteiger partial charge < -0.3 is 14.7 Å². The van der Waals surface area contributed by atoms with Crippen LogP contribution in [0.2, 0.25) is 0 Å². The number of aliphatic hydroxyl groups excluding tert-OH is 1. The number of amides is 1. The largest absolute Gasteiger partial charge is 0.497 e. The van der Waals surface area contributed by atoms with Crippen LogP contribution in [0.1, 0.15) is 25.8 Å². The van der Waals surface area contributed by atoms with Crippen molar-refractivity contribution in [3.05, 3.63) is 39.9 Å². The van der Waals surface area contributed by atoms with Gasteiger partial charge in [0.05, 0.1) is 13.0 Å². The van der Waals surface area contributed by atoms with Gasteiger partial charge in [-0.15, -0.1) is 0 Å². The third-order valence-corrected chi connectivity index (χ3v) is 4.28. The molecule has 1 amide bonds. The summed E-state index contributed by atoms with van der Waals surface area (Å²) in [6.45, 7) is 3.09. The van der Waals surface area contributed by atoms with Gasteiger partial charge in [0.2, 0.25) is 11.4 Å². The first kappa shape index (κ1) is 16.2. The van der Waals surface area contributed by atoms with Crippen LogP contribution in [-0.2, 0) is 11.3 Å². The van der Waals surface area contributed by atoms with Gasteiger partial charge in [-0.25, -0.2) is 0 Å². The highest BCUT2D eigenvalue weighted by Gasteiger charge is 2.53. The van der Waals surface area contributed by atoms with Gasteiger partial charge in [-0.3, -0.25) is 14.9 Å². The SMILES string of the molecule is COc1ccc(CN2C(=O)CC(C(C)(C)[N+](=O)[O-])C2O)cc1. The summed E-state index contributed by atoms with van der Waals surface area (Å²) in [4.78, 5) is 24.1. The highest BCUT2D eigenvalue weighted by molar-refractivity contribution is 5.79. The minimum atomic E-state index is -1.36. The van der Waals surface area contributed by atoms with E-state index < -0.39 is 22.6 Å². The average molecular weight is 308 g/mol. The topological polar surface area (TPSA) is 92.9 Å². The maximum Gasteiger partial charge on any atom is 0.225 e. The molecule has 7 nitrogen and oxygen atoms in total. The number of methoxy groups -OCH3 is 1. The fourth-order valence-corrected chi connectivity index (χ4v) is 2.63. The Bertz CT molecular complexity index is 570. The molecule has 1 aliphatic heterocycles. The zero-order valence-corrected chi connectivity index (χ0v) is 12.9. The van der Waals surface area contributed by atoms with Crippen LogP contribution in [-0.4, -0.2) is 39.7 Å². The van der Waals surface area contributed by atoms with Gasteiger partial charge in [-0.2, -0.15) is 0 Å². The van der Waals surface area contributed by atoms with Crippen molar-refractivity contribution in [1.29, 1.82) is 0 Å². The molecule has 22 heavy (non-hydrogen) atoms. The Hall–Kier alpha value is -2.15. The molecular weight excluding hydrogens is 288 g/mol. The number of carbonyl (C=O) groups is 1. The predicted molar refractivity (Wildman–Crippen MR) is 78.7 cm³/mol. The molecule has 1 N–H and O–H groups in total. The van der Waals surface area contributed by atoms with Crippen LogP contribution in [0.3, 0.4) is 0 Å². The van der Waals surface area contributed by atoms with E-state index >= 15 is 0 Å². The number of rotatable bonds is 5. The Balaban J connectivity index is 2.15. The smallest absolute Gasteiger partial charge is 0.225 e. The van der Waals surface area contributed by atoms with Gasteiger partial charge in [-0.05, 0) is 17.7 Å². The number of ether oxygens (including phenoxy) is 1. The maximum absolute atomic E-state index is 12.1. The summed E-state index contributed by atoms with van der Waals surface area (Å²) in [7, 11) is 1.56. The summed E-state index contributed by atoms with van der Waals surface area (Å²) in [5.41, 5.74) is -0.531. The Labute approximate surface area is 128 Å². The molecule has 2 atom stereocenters. The van der Waals surface area contributed by atoms with E-state index in [1.54, 1.807) is 31.4 Å². The number of nitro groups is 1. The van der Waals surface area contributed by atoms with Crippen molar-refractivity contribution in [1.82, 2.24) is 4.90 Å². The van der Waals surface area contributed by atoms with Crippen molar-refractivity contribution in [2.24, 2.45) is 5.92 Å². The summed E-state index contributed by atoms with van der Waals surface area (Å²) >= 11 is 0. The lowest BCUT2D eigenvalue weighted by Gasteiger charge is -2.28. The van der Waals surface area contributed by atoms with Crippen LogP contribution in [0.25, 0.3) is 0 Å². The molecule has 0 aromatic heterocycles. The van der Waals surface area contributed by atoms with Crippen LogP contribution in [0.4, 0.5) is 0 Å². The van der Waals surface area contributed by atoms with Crippen LogP contribution in [0.5, 0.6) is 5.75 Å². The number of likely N-dealkylation sites (tertiary alicyclic amines) is 1. The molecule has 2 unspecified atom stereocenters. The monoisotopic (exact) mass is 308 g/mol. The molecule has 1 heterocycles. The molecule has 120 valence electrons. The summed E-state index contributed by atoms with van der Waals surface area (Å²) < 4.78 is 5.06. The van der Waals surface area contributed by atoms with Crippen molar-refractivity contribution < 1.29 is 19.6 Å². The Kier molecular flexibility index (Phi) is 4.37. The molecule has 0 radical (unpaired) electrons. The molecule has 0 aliphatic carbocycles. The number of aliphatic hydroxyl groups is 1. The van der Waals surface area contributed by atoms with Gasteiger partial charge in [0.15, 0.2) is 0 Å². The van der Waals surface area contributed by atoms with E-state index in [9.17, 15) is 20.0 Å². The van der Waals surface area contributed by atoms with Crippen LogP contribution >= 0.6 is 0 Å². The summed E-state index contributed by atoms with van der Waals surface area (Å²) in [6, 6.07) is 7.12. The lowest BCUT2D eigenvalue weighted by Crippen LogP contribution is -2.46. The zero-order chi connectivity index (χ0) is 16.5. The van der Waals surface area contributed by atoms with Crippen molar-refractivity contribution >= 4 is 5.91 Å². The molecule has 0 saturated carbocycles. The van der Waals surface area contributed by atoms with Gasteiger partial charge in [-0.1, -0.05) is 12.1 Å². The predicted octanol–water partition coefficient (Wildman–Crippen LogP) is 1.42. The van der Waals surface area contributed by atoms with Gasteiger partial charge in [0.1, 0.15) is 12.0 Å². The first-order valence-corrected chi connectivity index (χ1v) is 7.02. The van der Waals surface area contributed by atoms with Crippen molar-refractivity contribution in [3.63, 3.8) is 0 Å². The van der Waals surface area contributed by atoms with Gasteiger partial charge >= 0.3 is 0 Å². The second kappa shape index (κ2) is 5.92. The maximum atomic E-state index is 12.1. The molecule has 7 heteroatoms. The Morgan fingerprint density at radius 2 is 2.00 bits per heavy atom. The first-order valence-electron chi connectivity index (χ1n) is 7.02. The number of hydrogen-bond donors (Lipinski definition) is 1. The quantitative estimate of drug-likeness (QED) is 0.656.